The van der Waals surface area contributed by atoms with Crippen molar-refractivity contribution in [2.75, 3.05) is 0 Å². The Balaban J connectivity index is 3.18. The quantitative estimate of drug-likeness (QED) is 0.560. The van der Waals surface area contributed by atoms with Crippen molar-refractivity contribution >= 4 is 39.6 Å². The van der Waals surface area contributed by atoms with Crippen LogP contribution in [0.1, 0.15) is 18.1 Å². The molecule has 0 spiro atoms. The van der Waals surface area contributed by atoms with Gasteiger partial charge < -0.3 is 4.74 Å². The summed E-state index contributed by atoms with van der Waals surface area (Å²) in [5.74, 6) is -0.242. The number of esters is 1. The summed E-state index contributed by atoms with van der Waals surface area (Å²) < 4.78 is 42.2. The smallest absolute Gasteiger partial charge is 0.425 e. The Labute approximate surface area is 121 Å². The van der Waals surface area contributed by atoms with Crippen molar-refractivity contribution in [1.82, 2.24) is 0 Å². The molecule has 0 N–H and O–H groups in total. The number of hydrogen-bond acceptors (Lipinski definition) is 2. The van der Waals surface area contributed by atoms with Gasteiger partial charge in [0.25, 0.3) is 0 Å². The van der Waals surface area contributed by atoms with E-state index in [-0.39, 0.29) is 11.3 Å². The number of carbonyl (C=O) groups excluding carboxylic acids is 1. The minimum Gasteiger partial charge on any atom is -0.425 e. The van der Waals surface area contributed by atoms with Crippen molar-refractivity contribution in [2.24, 2.45) is 0 Å². The highest BCUT2D eigenvalue weighted by Gasteiger charge is 2.32. The number of benzene rings is 1. The Kier molecular flexibility index (Phi) is 5.04. The summed E-state index contributed by atoms with van der Waals surface area (Å²) in [6.07, 6.45) is -3.78. The number of halogens is 5. The minimum absolute atomic E-state index is 0.252. The van der Waals surface area contributed by atoms with Crippen LogP contribution in [-0.4, -0.2) is 12.1 Å². The van der Waals surface area contributed by atoms with Crippen LogP contribution in [0.5, 0.6) is 5.75 Å². The number of alkyl halides is 3. The topological polar surface area (TPSA) is 26.3 Å². The maximum Gasteiger partial charge on any atom is 0.426 e. The first kappa shape index (κ1) is 16.0. The zero-order valence-electron chi connectivity index (χ0n) is 9.94. The second-order valence-electron chi connectivity index (χ2n) is 3.73. The summed E-state index contributed by atoms with van der Waals surface area (Å²) in [5.41, 5.74) is 0.769. The summed E-state index contributed by atoms with van der Waals surface area (Å²) >= 11 is 8.29. The van der Waals surface area contributed by atoms with Crippen molar-refractivity contribution in [3.05, 3.63) is 32.8 Å². The molecular formula is C12H9BrClF3O2. The Morgan fingerprint density at radius 1 is 1.42 bits per heavy atom. The first-order valence-electron chi connectivity index (χ1n) is 5.04. The van der Waals surface area contributed by atoms with E-state index in [2.05, 4.69) is 15.9 Å². The number of hydrogen-bond donors (Lipinski definition) is 0. The summed E-state index contributed by atoms with van der Waals surface area (Å²) in [5, 5.41) is -1.22. The zero-order valence-corrected chi connectivity index (χ0v) is 12.3. The molecule has 19 heavy (non-hydrogen) atoms. The van der Waals surface area contributed by atoms with Crippen molar-refractivity contribution in [2.45, 2.75) is 20.0 Å². The molecule has 0 aromatic heterocycles. The Morgan fingerprint density at radius 2 is 2.00 bits per heavy atom. The van der Waals surface area contributed by atoms with Gasteiger partial charge in [-0.1, -0.05) is 11.6 Å². The lowest BCUT2D eigenvalue weighted by Crippen LogP contribution is -2.07. The van der Waals surface area contributed by atoms with Crippen LogP contribution in [0.25, 0.3) is 6.08 Å². The maximum atomic E-state index is 12.3. The summed E-state index contributed by atoms with van der Waals surface area (Å²) in [6.45, 7) is 2.85. The molecule has 2 nitrogen and oxygen atoms in total. The Morgan fingerprint density at radius 3 is 2.42 bits per heavy atom. The third-order valence-corrected chi connectivity index (χ3v) is 2.97. The number of ether oxygens (including phenoxy) is 1. The lowest BCUT2D eigenvalue weighted by atomic mass is 10.1. The van der Waals surface area contributed by atoms with Crippen molar-refractivity contribution < 1.29 is 22.7 Å². The molecule has 0 aliphatic rings. The molecule has 0 heterocycles. The van der Waals surface area contributed by atoms with Crippen LogP contribution >= 0.6 is 27.5 Å². The van der Waals surface area contributed by atoms with Gasteiger partial charge in [0.2, 0.25) is 0 Å². The zero-order chi connectivity index (χ0) is 14.8. The van der Waals surface area contributed by atoms with Crippen LogP contribution in [0.2, 0.25) is 0 Å². The summed E-state index contributed by atoms with van der Waals surface area (Å²) in [7, 11) is 0. The minimum atomic E-state index is -4.59. The van der Waals surface area contributed by atoms with Gasteiger partial charge in [0.15, 0.2) is 0 Å². The monoisotopic (exact) mass is 356 g/mol. The largest absolute Gasteiger partial charge is 0.426 e. The van der Waals surface area contributed by atoms with Crippen LogP contribution in [-0.2, 0) is 4.79 Å². The molecule has 0 radical (unpaired) electrons. The van der Waals surface area contributed by atoms with Gasteiger partial charge in [-0.25, -0.2) is 0 Å². The van der Waals surface area contributed by atoms with Crippen molar-refractivity contribution in [3.8, 4) is 5.75 Å². The van der Waals surface area contributed by atoms with E-state index < -0.39 is 17.2 Å². The second kappa shape index (κ2) is 5.96. The van der Waals surface area contributed by atoms with Crippen LogP contribution in [0.3, 0.4) is 0 Å². The van der Waals surface area contributed by atoms with Crippen LogP contribution in [0.4, 0.5) is 13.2 Å². The molecule has 1 aromatic carbocycles. The Bertz CT molecular complexity index is 515. The molecule has 0 saturated heterocycles. The van der Waals surface area contributed by atoms with E-state index in [0.717, 1.165) is 6.08 Å². The fraction of sp³-hybridized carbons (Fsp3) is 0.250. The van der Waals surface area contributed by atoms with Crippen molar-refractivity contribution in [3.63, 3.8) is 0 Å². The highest BCUT2D eigenvalue weighted by molar-refractivity contribution is 9.10. The van der Waals surface area contributed by atoms with Gasteiger partial charge in [-0.15, -0.1) is 0 Å². The second-order valence-corrected chi connectivity index (χ2v) is 4.99. The van der Waals surface area contributed by atoms with Gasteiger partial charge in [0.05, 0.1) is 4.47 Å². The number of aryl methyl sites for hydroxylation is 1. The molecule has 7 heteroatoms. The molecule has 0 aliphatic heterocycles. The molecular weight excluding hydrogens is 348 g/mol. The van der Waals surface area contributed by atoms with Gasteiger partial charge in [-0.3, -0.25) is 4.79 Å². The van der Waals surface area contributed by atoms with Gasteiger partial charge in [-0.2, -0.15) is 13.2 Å². The van der Waals surface area contributed by atoms with Gasteiger partial charge in [0, 0.05) is 6.92 Å². The average molecular weight is 358 g/mol. The summed E-state index contributed by atoms with van der Waals surface area (Å²) in [6, 6.07) is 2.83. The maximum absolute atomic E-state index is 12.3. The highest BCUT2D eigenvalue weighted by atomic mass is 79.9. The lowest BCUT2D eigenvalue weighted by molar-refractivity contribution is -0.132. The lowest BCUT2D eigenvalue weighted by Gasteiger charge is -2.10. The molecule has 0 atom stereocenters. The Hall–Kier alpha value is -1.01. The average Bonchev–Trinajstić information content (AvgIpc) is 2.21. The first-order chi connectivity index (χ1) is 8.61. The molecule has 0 aliphatic carbocycles. The van der Waals surface area contributed by atoms with E-state index in [4.69, 9.17) is 16.3 Å². The third kappa shape index (κ3) is 4.54. The standard InChI is InChI=1S/C12H9BrClF3O2/c1-6-3-8(5-10(14)12(15,16)17)4-9(13)11(6)19-7(2)18/h3-5H,1-2H3/b10-5-. The van der Waals surface area contributed by atoms with E-state index in [1.54, 1.807) is 6.92 Å². The van der Waals surface area contributed by atoms with Gasteiger partial charge >= 0.3 is 12.1 Å². The molecule has 1 rings (SSSR count). The molecule has 0 amide bonds. The highest BCUT2D eigenvalue weighted by Crippen LogP contribution is 2.34. The number of allylic oxidation sites excluding steroid dienone is 1. The van der Waals surface area contributed by atoms with Crippen LogP contribution in [0, 0.1) is 6.92 Å². The predicted molar refractivity (Wildman–Crippen MR) is 70.1 cm³/mol. The van der Waals surface area contributed by atoms with Crippen LogP contribution < -0.4 is 4.74 Å². The molecule has 104 valence electrons. The molecule has 0 saturated carbocycles. The van der Waals surface area contributed by atoms with Crippen molar-refractivity contribution in [1.29, 1.82) is 0 Å². The fourth-order valence-corrected chi connectivity index (χ4v) is 2.13. The SMILES string of the molecule is CC(=O)Oc1c(C)cc(/C=C(\Cl)C(F)(F)F)cc1Br. The van der Waals surface area contributed by atoms with E-state index >= 15 is 0 Å². The van der Waals surface area contributed by atoms with E-state index in [9.17, 15) is 18.0 Å². The van der Waals surface area contributed by atoms with Gasteiger partial charge in [-0.05, 0) is 52.2 Å². The number of rotatable bonds is 2. The fourth-order valence-electron chi connectivity index (χ4n) is 1.34. The van der Waals surface area contributed by atoms with E-state index in [1.165, 1.54) is 19.1 Å². The van der Waals surface area contributed by atoms with Gasteiger partial charge in [0.1, 0.15) is 10.8 Å². The first-order valence-corrected chi connectivity index (χ1v) is 6.21. The van der Waals surface area contributed by atoms with E-state index in [1.807, 2.05) is 0 Å². The summed E-state index contributed by atoms with van der Waals surface area (Å²) in [4.78, 5) is 10.9. The van der Waals surface area contributed by atoms with Crippen LogP contribution in [0.15, 0.2) is 21.6 Å². The third-order valence-electron chi connectivity index (χ3n) is 2.06. The molecule has 1 aromatic rings. The normalized spacial score (nSPS) is 12.5. The molecule has 0 bridgehead atoms. The predicted octanol–water partition coefficient (Wildman–Crippen LogP) is 4.82. The number of carbonyl (C=O) groups is 1. The molecule has 0 unspecified atom stereocenters. The molecule has 0 fully saturated rings. The van der Waals surface area contributed by atoms with E-state index in [0.29, 0.717) is 10.0 Å².